The van der Waals surface area contributed by atoms with Crippen molar-refractivity contribution < 1.29 is 14.3 Å². The molecule has 1 aliphatic rings. The monoisotopic (exact) mass is 376 g/mol. The number of hydrogen-bond donors (Lipinski definition) is 1. The van der Waals surface area contributed by atoms with E-state index in [2.05, 4.69) is 32.3 Å². The molecule has 3 aromatic rings. The largest absolute Gasteiger partial charge is 0.497 e. The van der Waals surface area contributed by atoms with E-state index in [0.717, 1.165) is 24.5 Å². The highest BCUT2D eigenvalue weighted by Gasteiger charge is 2.21. The van der Waals surface area contributed by atoms with Crippen molar-refractivity contribution in [3.63, 3.8) is 0 Å². The van der Waals surface area contributed by atoms with Crippen molar-refractivity contribution in [2.45, 2.75) is 6.42 Å². The Hall–Kier alpha value is -3.61. The van der Waals surface area contributed by atoms with Gasteiger partial charge in [0.25, 0.3) is 5.91 Å². The quantitative estimate of drug-likeness (QED) is 0.735. The molecule has 0 fully saturated rings. The predicted molar refractivity (Wildman–Crippen MR) is 107 cm³/mol. The Morgan fingerprint density at radius 3 is 2.68 bits per heavy atom. The molecule has 2 aromatic carbocycles. The molecular weight excluding hydrogens is 356 g/mol. The fourth-order valence-corrected chi connectivity index (χ4v) is 3.24. The predicted octanol–water partition coefficient (Wildman–Crippen LogP) is 3.44. The maximum atomic E-state index is 12.6. The molecule has 0 saturated heterocycles. The van der Waals surface area contributed by atoms with Crippen LogP contribution in [0.25, 0.3) is 0 Å². The van der Waals surface area contributed by atoms with E-state index in [0.29, 0.717) is 17.2 Å². The van der Waals surface area contributed by atoms with Crippen LogP contribution in [0, 0.1) is 0 Å². The summed E-state index contributed by atoms with van der Waals surface area (Å²) >= 11 is 0. The molecule has 0 radical (unpaired) electrons. The van der Waals surface area contributed by atoms with Gasteiger partial charge in [-0.25, -0.2) is 9.97 Å². The van der Waals surface area contributed by atoms with Gasteiger partial charge in [0.05, 0.1) is 32.3 Å². The number of carbonyl (C=O) groups is 1. The Morgan fingerprint density at radius 2 is 1.93 bits per heavy atom. The maximum Gasteiger partial charge on any atom is 0.275 e. The van der Waals surface area contributed by atoms with Crippen molar-refractivity contribution in [1.82, 2.24) is 9.97 Å². The molecule has 0 bridgehead atoms. The highest BCUT2D eigenvalue weighted by Crippen LogP contribution is 2.33. The number of anilines is 3. The molecule has 28 heavy (non-hydrogen) atoms. The first-order chi connectivity index (χ1) is 13.7. The standard InChI is InChI=1S/C21H20N4O3/c1-27-15-7-8-16(19(11-15)28-2)24-21(26)17-12-23-20(13-22-17)25-10-9-14-5-3-4-6-18(14)25/h3-8,11-13H,9-10H2,1-2H3,(H,24,26). The van der Waals surface area contributed by atoms with Crippen molar-refractivity contribution in [2.75, 3.05) is 31.0 Å². The Kier molecular flexibility index (Phi) is 4.80. The number of methoxy groups -OCH3 is 2. The molecule has 0 unspecified atom stereocenters. The van der Waals surface area contributed by atoms with Crippen molar-refractivity contribution in [3.05, 3.63) is 66.1 Å². The molecule has 142 valence electrons. The summed E-state index contributed by atoms with van der Waals surface area (Å²) in [5.74, 6) is 1.52. The van der Waals surface area contributed by atoms with Gasteiger partial charge in [0, 0.05) is 18.3 Å². The summed E-state index contributed by atoms with van der Waals surface area (Å²) in [7, 11) is 3.11. The Balaban J connectivity index is 1.51. The Labute approximate surface area is 163 Å². The van der Waals surface area contributed by atoms with Crippen molar-refractivity contribution in [3.8, 4) is 11.5 Å². The average Bonchev–Trinajstić information content (AvgIpc) is 3.18. The number of rotatable bonds is 5. The second-order valence-electron chi connectivity index (χ2n) is 6.31. The lowest BCUT2D eigenvalue weighted by Gasteiger charge is -2.18. The molecule has 1 N–H and O–H groups in total. The molecule has 7 nitrogen and oxygen atoms in total. The van der Waals surface area contributed by atoms with Gasteiger partial charge in [-0.2, -0.15) is 0 Å². The van der Waals surface area contributed by atoms with Gasteiger partial charge in [0.2, 0.25) is 0 Å². The van der Waals surface area contributed by atoms with E-state index in [1.54, 1.807) is 31.5 Å². The average molecular weight is 376 g/mol. The molecule has 4 rings (SSSR count). The van der Waals surface area contributed by atoms with Crippen LogP contribution in [0.5, 0.6) is 11.5 Å². The van der Waals surface area contributed by atoms with Crippen molar-refractivity contribution in [2.24, 2.45) is 0 Å². The van der Waals surface area contributed by atoms with Gasteiger partial charge in [0.1, 0.15) is 17.2 Å². The third kappa shape index (κ3) is 3.34. The normalized spacial score (nSPS) is 12.4. The van der Waals surface area contributed by atoms with Crippen LogP contribution >= 0.6 is 0 Å². The summed E-state index contributed by atoms with van der Waals surface area (Å²) in [5.41, 5.74) is 3.19. The number of amides is 1. The number of hydrogen-bond acceptors (Lipinski definition) is 6. The lowest BCUT2D eigenvalue weighted by Crippen LogP contribution is -2.18. The minimum atomic E-state index is -0.357. The molecule has 1 aliphatic heterocycles. The molecular formula is C21H20N4O3. The lowest BCUT2D eigenvalue weighted by atomic mass is 10.2. The maximum absolute atomic E-state index is 12.6. The lowest BCUT2D eigenvalue weighted by molar-refractivity contribution is 0.102. The van der Waals surface area contributed by atoms with Crippen LogP contribution in [0.3, 0.4) is 0 Å². The number of ether oxygens (including phenoxy) is 2. The minimum absolute atomic E-state index is 0.231. The zero-order valence-electron chi connectivity index (χ0n) is 15.7. The zero-order valence-corrected chi connectivity index (χ0v) is 15.7. The van der Waals surface area contributed by atoms with Crippen LogP contribution in [-0.2, 0) is 6.42 Å². The summed E-state index contributed by atoms with van der Waals surface area (Å²) < 4.78 is 10.5. The first-order valence-corrected chi connectivity index (χ1v) is 8.90. The highest BCUT2D eigenvalue weighted by molar-refractivity contribution is 6.03. The fraction of sp³-hybridized carbons (Fsp3) is 0.190. The Morgan fingerprint density at radius 1 is 1.07 bits per heavy atom. The van der Waals surface area contributed by atoms with Crippen molar-refractivity contribution >= 4 is 23.1 Å². The van der Waals surface area contributed by atoms with E-state index >= 15 is 0 Å². The summed E-state index contributed by atoms with van der Waals surface area (Å²) in [6.45, 7) is 0.850. The van der Waals surface area contributed by atoms with Crippen LogP contribution in [0.15, 0.2) is 54.9 Å². The summed E-state index contributed by atoms with van der Waals surface area (Å²) in [6, 6.07) is 13.4. The number of fused-ring (bicyclic) bond motifs is 1. The van der Waals surface area contributed by atoms with Crippen molar-refractivity contribution in [1.29, 1.82) is 0 Å². The number of para-hydroxylation sites is 1. The molecule has 7 heteroatoms. The number of benzene rings is 2. The summed E-state index contributed by atoms with van der Waals surface area (Å²) in [4.78, 5) is 23.4. The van der Waals surface area contributed by atoms with Crippen LogP contribution < -0.4 is 19.7 Å². The fourth-order valence-electron chi connectivity index (χ4n) is 3.24. The zero-order chi connectivity index (χ0) is 19.5. The summed E-state index contributed by atoms with van der Waals surface area (Å²) in [5, 5.41) is 2.80. The van der Waals surface area contributed by atoms with E-state index in [9.17, 15) is 4.79 Å². The van der Waals surface area contributed by atoms with Gasteiger partial charge < -0.3 is 19.7 Å². The molecule has 1 aromatic heterocycles. The number of nitrogens with one attached hydrogen (secondary N) is 1. The van der Waals surface area contributed by atoms with Gasteiger partial charge in [-0.15, -0.1) is 0 Å². The third-order valence-electron chi connectivity index (χ3n) is 4.69. The van der Waals surface area contributed by atoms with E-state index < -0.39 is 0 Å². The van der Waals surface area contributed by atoms with E-state index in [-0.39, 0.29) is 11.6 Å². The number of nitrogens with zero attached hydrogens (tertiary/aromatic N) is 3. The van der Waals surface area contributed by atoms with Gasteiger partial charge in [0.15, 0.2) is 5.82 Å². The first-order valence-electron chi connectivity index (χ1n) is 8.90. The van der Waals surface area contributed by atoms with Gasteiger partial charge in [-0.05, 0) is 30.2 Å². The van der Waals surface area contributed by atoms with E-state index in [1.165, 1.54) is 18.9 Å². The van der Waals surface area contributed by atoms with Gasteiger partial charge in [-0.1, -0.05) is 18.2 Å². The SMILES string of the molecule is COc1ccc(NC(=O)c2cnc(N3CCc4ccccc43)cn2)c(OC)c1. The van der Waals surface area contributed by atoms with Crippen LogP contribution in [0.2, 0.25) is 0 Å². The molecule has 2 heterocycles. The number of carbonyl (C=O) groups excluding carboxylic acids is 1. The second-order valence-corrected chi connectivity index (χ2v) is 6.31. The van der Waals surface area contributed by atoms with Crippen LogP contribution in [-0.4, -0.2) is 36.6 Å². The van der Waals surface area contributed by atoms with Crippen LogP contribution in [0.4, 0.5) is 17.2 Å². The molecule has 1 amide bonds. The number of aromatic nitrogens is 2. The molecule has 0 saturated carbocycles. The van der Waals surface area contributed by atoms with E-state index in [1.807, 2.05) is 12.1 Å². The van der Waals surface area contributed by atoms with E-state index in [4.69, 9.17) is 9.47 Å². The molecule has 0 atom stereocenters. The van der Waals surface area contributed by atoms with Gasteiger partial charge >= 0.3 is 0 Å². The topological polar surface area (TPSA) is 76.6 Å². The van der Waals surface area contributed by atoms with Gasteiger partial charge in [-0.3, -0.25) is 4.79 Å². The van der Waals surface area contributed by atoms with Crippen LogP contribution in [0.1, 0.15) is 16.1 Å². The molecule has 0 aliphatic carbocycles. The smallest absolute Gasteiger partial charge is 0.275 e. The highest BCUT2D eigenvalue weighted by atomic mass is 16.5. The molecule has 0 spiro atoms. The minimum Gasteiger partial charge on any atom is -0.497 e. The first kappa shape index (κ1) is 17.8. The Bertz CT molecular complexity index is 1000. The second kappa shape index (κ2) is 7.56. The summed E-state index contributed by atoms with van der Waals surface area (Å²) in [6.07, 6.45) is 4.08. The third-order valence-corrected chi connectivity index (χ3v) is 4.69.